The van der Waals surface area contributed by atoms with E-state index < -0.39 is 5.60 Å². The maximum atomic E-state index is 12.0. The fraction of sp³-hybridized carbons (Fsp3) is 0.778. The number of unbranched alkanes of at least 4 members (excludes halogenated alkanes) is 1. The van der Waals surface area contributed by atoms with Gasteiger partial charge in [-0.3, -0.25) is 4.99 Å². The Kier molecular flexibility index (Phi) is 10.2. The summed E-state index contributed by atoms with van der Waals surface area (Å²) in [6.07, 6.45) is 3.69. The summed E-state index contributed by atoms with van der Waals surface area (Å²) in [6.45, 7) is 13.7. The van der Waals surface area contributed by atoms with Crippen LogP contribution >= 0.6 is 0 Å². The van der Waals surface area contributed by atoms with Gasteiger partial charge in [0.1, 0.15) is 5.60 Å². The molecule has 0 spiro atoms. The molecule has 0 radical (unpaired) electrons. The quantitative estimate of drug-likeness (QED) is 0.319. The molecule has 0 aromatic rings. The third kappa shape index (κ3) is 10.1. The Hall–Kier alpha value is -1.72. The van der Waals surface area contributed by atoms with E-state index in [0.29, 0.717) is 6.54 Å². The molecular formula is C18H36N4O2. The van der Waals surface area contributed by atoms with Crippen LogP contribution in [0, 0.1) is 5.92 Å². The number of hydrogen-bond acceptors (Lipinski definition) is 3. The number of allylic oxidation sites excluding steroid dienone is 1. The van der Waals surface area contributed by atoms with Crippen molar-refractivity contribution in [2.75, 3.05) is 40.8 Å². The molecule has 0 aliphatic heterocycles. The van der Waals surface area contributed by atoms with Crippen LogP contribution < -0.4 is 5.32 Å². The number of carbonyl (C=O) groups excluding carboxylic acids is 1. The lowest BCUT2D eigenvalue weighted by Gasteiger charge is -2.27. The molecule has 1 unspecified atom stereocenters. The Morgan fingerprint density at radius 3 is 2.46 bits per heavy atom. The van der Waals surface area contributed by atoms with Crippen molar-refractivity contribution in [2.24, 2.45) is 10.9 Å². The van der Waals surface area contributed by atoms with Crippen molar-refractivity contribution >= 4 is 12.1 Å². The molecule has 24 heavy (non-hydrogen) atoms. The molecule has 1 N–H and O–H groups in total. The zero-order valence-corrected chi connectivity index (χ0v) is 16.6. The predicted octanol–water partition coefficient (Wildman–Crippen LogP) is 2.96. The molecular weight excluding hydrogens is 304 g/mol. The second kappa shape index (κ2) is 10.9. The van der Waals surface area contributed by atoms with E-state index in [1.165, 1.54) is 0 Å². The van der Waals surface area contributed by atoms with Crippen molar-refractivity contribution in [1.82, 2.24) is 15.1 Å². The minimum atomic E-state index is -0.469. The normalized spacial score (nSPS) is 13.2. The van der Waals surface area contributed by atoms with Crippen LogP contribution in [0.5, 0.6) is 0 Å². The van der Waals surface area contributed by atoms with Gasteiger partial charge in [0.15, 0.2) is 5.96 Å². The van der Waals surface area contributed by atoms with Gasteiger partial charge in [0.05, 0.1) is 0 Å². The Bertz CT molecular complexity index is 416. The van der Waals surface area contributed by atoms with Gasteiger partial charge in [-0.25, -0.2) is 4.79 Å². The second-order valence-electron chi connectivity index (χ2n) is 7.25. The number of nitrogens with one attached hydrogen (secondary N) is 1. The Morgan fingerprint density at radius 2 is 1.96 bits per heavy atom. The molecule has 0 rings (SSSR count). The number of carbonyl (C=O) groups is 1. The lowest BCUT2D eigenvalue weighted by Crippen LogP contribution is -2.43. The molecule has 0 bridgehead atoms. The molecule has 0 fully saturated rings. The van der Waals surface area contributed by atoms with Crippen molar-refractivity contribution in [1.29, 1.82) is 0 Å². The number of amides is 1. The summed E-state index contributed by atoms with van der Waals surface area (Å²) in [5, 5.41) is 3.36. The van der Waals surface area contributed by atoms with Crippen LogP contribution in [0.4, 0.5) is 4.79 Å². The van der Waals surface area contributed by atoms with Gasteiger partial charge >= 0.3 is 6.09 Å². The number of nitrogens with zero attached hydrogens (tertiary/aromatic N) is 3. The van der Waals surface area contributed by atoms with Crippen LogP contribution in [-0.2, 0) is 4.74 Å². The molecule has 6 nitrogen and oxygen atoms in total. The first kappa shape index (κ1) is 22.3. The zero-order chi connectivity index (χ0) is 18.8. The van der Waals surface area contributed by atoms with Crippen molar-refractivity contribution in [3.8, 4) is 0 Å². The van der Waals surface area contributed by atoms with Crippen molar-refractivity contribution in [3.05, 3.63) is 12.7 Å². The first-order valence-electron chi connectivity index (χ1n) is 8.57. The molecule has 0 heterocycles. The maximum Gasteiger partial charge on any atom is 0.410 e. The van der Waals surface area contributed by atoms with Gasteiger partial charge in [-0.1, -0.05) is 13.0 Å². The van der Waals surface area contributed by atoms with E-state index in [4.69, 9.17) is 4.74 Å². The van der Waals surface area contributed by atoms with Crippen molar-refractivity contribution < 1.29 is 9.53 Å². The van der Waals surface area contributed by atoms with E-state index in [9.17, 15) is 4.79 Å². The number of hydrogen-bond donors (Lipinski definition) is 1. The molecule has 1 amide bonds. The highest BCUT2D eigenvalue weighted by atomic mass is 16.6. The van der Waals surface area contributed by atoms with Gasteiger partial charge in [-0.15, -0.1) is 6.58 Å². The third-order valence-electron chi connectivity index (χ3n) is 3.37. The molecule has 140 valence electrons. The number of ether oxygens (including phenoxy) is 1. The van der Waals surface area contributed by atoms with Gasteiger partial charge in [0.25, 0.3) is 0 Å². The van der Waals surface area contributed by atoms with Gasteiger partial charge in [-0.05, 0) is 39.5 Å². The average molecular weight is 341 g/mol. The van der Waals surface area contributed by atoms with Gasteiger partial charge in [0, 0.05) is 40.8 Å². The first-order valence-corrected chi connectivity index (χ1v) is 8.57. The maximum absolute atomic E-state index is 12.0. The summed E-state index contributed by atoms with van der Waals surface area (Å²) >= 11 is 0. The zero-order valence-electron chi connectivity index (χ0n) is 16.6. The topological polar surface area (TPSA) is 57.2 Å². The minimum absolute atomic E-state index is 0.279. The van der Waals surface area contributed by atoms with Crippen LogP contribution in [0.15, 0.2) is 17.6 Å². The van der Waals surface area contributed by atoms with E-state index in [2.05, 4.69) is 28.7 Å². The Morgan fingerprint density at radius 1 is 1.33 bits per heavy atom. The molecule has 1 atom stereocenters. The van der Waals surface area contributed by atoms with Crippen molar-refractivity contribution in [2.45, 2.75) is 46.1 Å². The van der Waals surface area contributed by atoms with E-state index in [0.717, 1.165) is 31.9 Å². The predicted molar refractivity (Wildman–Crippen MR) is 101 cm³/mol. The van der Waals surface area contributed by atoms with Gasteiger partial charge in [-0.2, -0.15) is 0 Å². The van der Waals surface area contributed by atoms with Crippen LogP contribution in [0.25, 0.3) is 0 Å². The first-order chi connectivity index (χ1) is 11.1. The highest BCUT2D eigenvalue weighted by Gasteiger charge is 2.20. The summed E-state index contributed by atoms with van der Waals surface area (Å²) in [5.41, 5.74) is -0.469. The molecule has 0 aromatic carbocycles. The Balaban J connectivity index is 4.28. The monoisotopic (exact) mass is 340 g/mol. The smallest absolute Gasteiger partial charge is 0.410 e. The molecule has 6 heteroatoms. The van der Waals surface area contributed by atoms with Crippen LogP contribution in [0.3, 0.4) is 0 Å². The fourth-order valence-electron chi connectivity index (χ4n) is 2.18. The van der Waals surface area contributed by atoms with E-state index in [-0.39, 0.29) is 12.0 Å². The molecule has 0 aromatic heterocycles. The van der Waals surface area contributed by atoms with Crippen LogP contribution in [0.1, 0.15) is 40.5 Å². The van der Waals surface area contributed by atoms with Crippen LogP contribution in [-0.4, -0.2) is 68.2 Å². The number of rotatable bonds is 8. The lowest BCUT2D eigenvalue weighted by molar-refractivity contribution is 0.0278. The number of aliphatic imine (C=N–C) groups is 1. The van der Waals surface area contributed by atoms with E-state index in [1.54, 1.807) is 19.0 Å². The largest absolute Gasteiger partial charge is 0.444 e. The van der Waals surface area contributed by atoms with E-state index >= 15 is 0 Å². The summed E-state index contributed by atoms with van der Waals surface area (Å²) in [5.74, 6) is 1.15. The number of guanidine groups is 1. The summed E-state index contributed by atoms with van der Waals surface area (Å²) in [7, 11) is 5.57. The Labute approximate surface area is 147 Å². The minimum Gasteiger partial charge on any atom is -0.444 e. The molecule has 0 saturated heterocycles. The second-order valence-corrected chi connectivity index (χ2v) is 7.25. The summed E-state index contributed by atoms with van der Waals surface area (Å²) in [6, 6.07) is 0. The third-order valence-corrected chi connectivity index (χ3v) is 3.37. The highest BCUT2D eigenvalue weighted by molar-refractivity contribution is 5.79. The summed E-state index contributed by atoms with van der Waals surface area (Å²) < 4.78 is 5.37. The molecule has 0 saturated carbocycles. The standard InChI is InChI=1S/C18H36N4O2/c1-9-10-11-12-21(7)16(19-6)20-13-15(2)14-22(8)17(23)24-18(3,4)5/h9,15H,1,10-14H2,2-8H3,(H,19,20). The fourth-order valence-corrected chi connectivity index (χ4v) is 2.18. The molecule has 0 aliphatic rings. The SMILES string of the molecule is C=CCCCN(C)C(=NC)NCC(C)CN(C)C(=O)OC(C)(C)C. The highest BCUT2D eigenvalue weighted by Crippen LogP contribution is 2.10. The van der Waals surface area contributed by atoms with E-state index in [1.807, 2.05) is 33.9 Å². The van der Waals surface area contributed by atoms with Gasteiger partial charge in [0.2, 0.25) is 0 Å². The summed E-state index contributed by atoms with van der Waals surface area (Å²) in [4.78, 5) is 20.0. The average Bonchev–Trinajstić information content (AvgIpc) is 2.46. The lowest BCUT2D eigenvalue weighted by atomic mass is 10.1. The molecule has 0 aliphatic carbocycles. The van der Waals surface area contributed by atoms with Crippen molar-refractivity contribution in [3.63, 3.8) is 0 Å². The van der Waals surface area contributed by atoms with Crippen LogP contribution in [0.2, 0.25) is 0 Å². The van der Waals surface area contributed by atoms with Gasteiger partial charge < -0.3 is 19.9 Å².